The Bertz CT molecular complexity index is 1450. The van der Waals surface area contributed by atoms with E-state index in [4.69, 9.17) is 14.2 Å². The van der Waals surface area contributed by atoms with Crippen LogP contribution in [0.3, 0.4) is 0 Å². The molecule has 8 atom stereocenters. The monoisotopic (exact) mass is 787 g/mol. The van der Waals surface area contributed by atoms with Gasteiger partial charge in [-0.15, -0.1) is 13.2 Å². The fourth-order valence-corrected chi connectivity index (χ4v) is 9.69. The van der Waals surface area contributed by atoms with Crippen molar-refractivity contribution in [1.82, 2.24) is 15.1 Å². The van der Waals surface area contributed by atoms with E-state index >= 15 is 4.79 Å². The molecule has 2 N–H and O–H groups in total. The number of rotatable bonds is 19. The number of hydrogen-bond acceptors (Lipinski definition) is 8. The summed E-state index contributed by atoms with van der Waals surface area (Å²) >= 11 is 3.76. The number of nitrogens with zero attached hydrogens (tertiary/aromatic N) is 2. The molecular weight excluding hydrogens is 730 g/mol. The van der Waals surface area contributed by atoms with Gasteiger partial charge in [0.25, 0.3) is 0 Å². The van der Waals surface area contributed by atoms with E-state index in [9.17, 15) is 19.5 Å². The second kappa shape index (κ2) is 17.4. The molecule has 288 valence electrons. The molecule has 0 aromatic heterocycles. The number of aliphatic hydroxyl groups is 1. The lowest BCUT2D eigenvalue weighted by atomic mass is 9.70. The first-order valence-corrected chi connectivity index (χ1v) is 19.3. The maximum atomic E-state index is 15.0. The number of allylic oxidation sites excluding steroid dienone is 1. The number of nitrogens with one attached hydrogen (secondary N) is 1. The van der Waals surface area contributed by atoms with Crippen LogP contribution >= 0.6 is 15.9 Å². The minimum Gasteiger partial charge on any atom is -0.455 e. The smallest absolute Gasteiger partial charge is 0.313 e. The number of ether oxygens (including phenoxy) is 3. The van der Waals surface area contributed by atoms with Gasteiger partial charge in [-0.3, -0.25) is 19.2 Å². The molecule has 0 aliphatic carbocycles. The minimum absolute atomic E-state index is 0.0545. The van der Waals surface area contributed by atoms with Crippen LogP contribution in [-0.4, -0.2) is 106 Å². The summed E-state index contributed by atoms with van der Waals surface area (Å²) in [7, 11) is 1.51. The Hall–Kier alpha value is -3.06. The van der Waals surface area contributed by atoms with Crippen molar-refractivity contribution in [1.29, 1.82) is 0 Å². The molecule has 1 spiro atoms. The van der Waals surface area contributed by atoms with Crippen molar-refractivity contribution in [3.63, 3.8) is 0 Å². The molecule has 52 heavy (non-hydrogen) atoms. The Morgan fingerprint density at radius 2 is 1.85 bits per heavy atom. The summed E-state index contributed by atoms with van der Waals surface area (Å²) in [5, 5.41) is 12.6. The average Bonchev–Trinajstić information content (AvgIpc) is 3.67. The third kappa shape index (κ3) is 8.83. The number of fused-ring (bicyclic) bond motifs is 1. The maximum absolute atomic E-state index is 15.0. The summed E-state index contributed by atoms with van der Waals surface area (Å²) in [5.74, 6) is -3.49. The van der Waals surface area contributed by atoms with Crippen molar-refractivity contribution in [2.75, 3.05) is 33.4 Å². The van der Waals surface area contributed by atoms with Crippen molar-refractivity contribution in [2.24, 2.45) is 17.3 Å². The van der Waals surface area contributed by atoms with Crippen LogP contribution in [0.4, 0.5) is 0 Å². The highest BCUT2D eigenvalue weighted by Gasteiger charge is 2.77. The molecule has 0 radical (unpaired) electrons. The molecule has 3 aliphatic heterocycles. The third-order valence-corrected chi connectivity index (χ3v) is 11.2. The zero-order valence-corrected chi connectivity index (χ0v) is 33.2. The summed E-state index contributed by atoms with van der Waals surface area (Å²) in [6.07, 6.45) is 4.32. The van der Waals surface area contributed by atoms with Gasteiger partial charge in [-0.05, 0) is 56.9 Å². The third-order valence-electron chi connectivity index (χ3n) is 10.4. The number of hydrogen-bond donors (Lipinski definition) is 2. The molecule has 3 heterocycles. The fraction of sp³-hybridized carbons (Fsp3) is 0.650. The Balaban J connectivity index is 1.75. The van der Waals surface area contributed by atoms with Crippen molar-refractivity contribution >= 4 is 39.6 Å². The lowest BCUT2D eigenvalue weighted by Crippen LogP contribution is -2.61. The number of alkyl halides is 1. The zero-order chi connectivity index (χ0) is 38.4. The Labute approximate surface area is 317 Å². The van der Waals surface area contributed by atoms with Gasteiger partial charge >= 0.3 is 5.97 Å². The van der Waals surface area contributed by atoms with Gasteiger partial charge in [0.05, 0.1) is 30.6 Å². The molecule has 1 aromatic carbocycles. The molecule has 11 nitrogen and oxygen atoms in total. The lowest BCUT2D eigenvalue weighted by Gasteiger charge is -2.45. The van der Waals surface area contributed by atoms with Gasteiger partial charge in [-0.2, -0.15) is 0 Å². The standard InChI is InChI=1S/C40H58BrN3O8/c1-9-11-19-29(46)42-28(24-50-8)32(26-17-13-12-14-18-26)51-37(49)30-31-35(47)43(21-15-16-22-45)34(40(31)23-27(41)33(30)52-40)36(48)44(20-10-2)39(6,7)25-38(3,4)5/h9-10,12-14,17-18,27-28,30-34,45H,1-2,11,15-16,19-25H2,3-8H3,(H,42,46)/t27?,28-,30-,31+,32-,33-,34-,40+/m0/s1. The first-order valence-electron chi connectivity index (χ1n) is 18.4. The highest BCUT2D eigenvalue weighted by atomic mass is 79.9. The number of unbranched alkanes of at least 4 members (excludes halogenated alkanes) is 1. The summed E-state index contributed by atoms with van der Waals surface area (Å²) in [5.41, 5.74) is -1.35. The van der Waals surface area contributed by atoms with Gasteiger partial charge in [-0.25, -0.2) is 0 Å². The van der Waals surface area contributed by atoms with E-state index in [0.29, 0.717) is 37.7 Å². The average molecular weight is 789 g/mol. The molecule has 3 amide bonds. The van der Waals surface area contributed by atoms with Crippen molar-refractivity contribution in [3.8, 4) is 0 Å². The van der Waals surface area contributed by atoms with Crippen molar-refractivity contribution < 1.29 is 38.5 Å². The summed E-state index contributed by atoms with van der Waals surface area (Å²) in [6, 6.07) is 7.38. The van der Waals surface area contributed by atoms with Crippen LogP contribution in [0, 0.1) is 17.3 Å². The van der Waals surface area contributed by atoms with Crippen LogP contribution < -0.4 is 5.32 Å². The predicted octanol–water partition coefficient (Wildman–Crippen LogP) is 5.12. The molecule has 4 rings (SSSR count). The Morgan fingerprint density at radius 1 is 1.15 bits per heavy atom. The number of halogens is 1. The van der Waals surface area contributed by atoms with Crippen LogP contribution in [0.2, 0.25) is 0 Å². The maximum Gasteiger partial charge on any atom is 0.313 e. The summed E-state index contributed by atoms with van der Waals surface area (Å²) in [6.45, 7) is 18.6. The number of esters is 1. The molecule has 3 fully saturated rings. The van der Waals surface area contributed by atoms with Crippen LogP contribution in [0.15, 0.2) is 55.6 Å². The number of carbonyl (C=O) groups excluding carboxylic acids is 4. The van der Waals surface area contributed by atoms with Gasteiger partial charge in [0, 0.05) is 43.6 Å². The molecule has 1 aromatic rings. The molecule has 3 aliphatic rings. The van der Waals surface area contributed by atoms with E-state index < -0.39 is 53.2 Å². The van der Waals surface area contributed by atoms with Gasteiger partial charge in [-0.1, -0.05) is 79.2 Å². The van der Waals surface area contributed by atoms with Gasteiger partial charge < -0.3 is 34.4 Å². The number of methoxy groups -OCH3 is 1. The number of benzene rings is 1. The SMILES string of the molecule is C=CCCC(=O)N[C@@H](COC)[C@@H](OC(=O)[C@@H]1[C@H]2O[C@@]3(CC2Br)[C@H](C(=O)N(CC=C)C(C)(C)CC(C)(C)C)N(CCCCO)C(=O)[C@@H]13)c1ccccc1. The van der Waals surface area contributed by atoms with E-state index in [1.807, 2.05) is 44.2 Å². The topological polar surface area (TPSA) is 135 Å². The molecule has 3 saturated heterocycles. The first-order chi connectivity index (χ1) is 24.6. The summed E-state index contributed by atoms with van der Waals surface area (Å²) < 4.78 is 18.6. The minimum atomic E-state index is -1.29. The van der Waals surface area contributed by atoms with Gasteiger partial charge in [0.2, 0.25) is 17.7 Å². The predicted molar refractivity (Wildman–Crippen MR) is 202 cm³/mol. The molecule has 1 unspecified atom stereocenters. The fourth-order valence-electron chi connectivity index (χ4n) is 8.74. The van der Waals surface area contributed by atoms with E-state index in [-0.39, 0.29) is 60.7 Å². The first kappa shape index (κ1) is 41.7. The molecule has 12 heteroatoms. The van der Waals surface area contributed by atoms with Crippen molar-refractivity contribution in [2.45, 2.75) is 113 Å². The van der Waals surface area contributed by atoms with E-state index in [2.05, 4.69) is 55.2 Å². The van der Waals surface area contributed by atoms with E-state index in [1.165, 1.54) is 7.11 Å². The molecular formula is C40H58BrN3O8. The quantitative estimate of drug-likeness (QED) is 0.0855. The number of amides is 3. The largest absolute Gasteiger partial charge is 0.455 e. The van der Waals surface area contributed by atoms with Gasteiger partial charge in [0.15, 0.2) is 0 Å². The van der Waals surface area contributed by atoms with Crippen LogP contribution in [-0.2, 0) is 33.4 Å². The van der Waals surface area contributed by atoms with Crippen LogP contribution in [0.5, 0.6) is 0 Å². The normalized spacial score (nSPS) is 26.4. The van der Waals surface area contributed by atoms with E-state index in [1.54, 1.807) is 22.0 Å². The second-order valence-corrected chi connectivity index (χ2v) is 17.3. The Morgan fingerprint density at radius 3 is 2.44 bits per heavy atom. The highest BCUT2D eigenvalue weighted by molar-refractivity contribution is 9.09. The number of aliphatic hydroxyl groups excluding tert-OH is 1. The molecule has 0 saturated carbocycles. The Kier molecular flexibility index (Phi) is 13.9. The summed E-state index contributed by atoms with van der Waals surface area (Å²) in [4.78, 5) is 60.3. The lowest BCUT2D eigenvalue weighted by molar-refractivity contribution is -0.163. The number of likely N-dealkylation sites (tertiary alicyclic amines) is 1. The highest BCUT2D eigenvalue weighted by Crippen LogP contribution is 2.61. The van der Waals surface area contributed by atoms with Crippen LogP contribution in [0.25, 0.3) is 0 Å². The molecule has 2 bridgehead atoms. The second-order valence-electron chi connectivity index (χ2n) is 16.1. The zero-order valence-electron chi connectivity index (χ0n) is 31.6. The van der Waals surface area contributed by atoms with E-state index in [0.717, 1.165) is 0 Å². The van der Waals surface area contributed by atoms with Crippen molar-refractivity contribution in [3.05, 3.63) is 61.2 Å². The van der Waals surface area contributed by atoms with Crippen LogP contribution in [0.1, 0.15) is 84.8 Å². The number of carbonyl (C=O) groups is 4. The van der Waals surface area contributed by atoms with Gasteiger partial charge in [0.1, 0.15) is 17.7 Å².